The zero-order valence-corrected chi connectivity index (χ0v) is 20.1. The van der Waals surface area contributed by atoms with Crippen molar-refractivity contribution in [1.29, 1.82) is 0 Å². The van der Waals surface area contributed by atoms with Crippen molar-refractivity contribution in [2.45, 2.75) is 46.1 Å². The fourth-order valence-electron chi connectivity index (χ4n) is 3.36. The van der Waals surface area contributed by atoms with Crippen molar-refractivity contribution >= 4 is 17.3 Å². The van der Waals surface area contributed by atoms with E-state index >= 15 is 0 Å². The molecule has 0 bridgehead atoms. The summed E-state index contributed by atoms with van der Waals surface area (Å²) in [6, 6.07) is 14.6. The number of alkyl halides is 3. The van der Waals surface area contributed by atoms with Gasteiger partial charge in [0.15, 0.2) is 6.10 Å². The Labute approximate surface area is 201 Å². The van der Waals surface area contributed by atoms with Gasteiger partial charge in [0.2, 0.25) is 0 Å². The molecular formula is C26H27F3O4S. The molecule has 8 heteroatoms. The molecule has 1 heterocycles. The molecule has 0 aliphatic carbocycles. The summed E-state index contributed by atoms with van der Waals surface area (Å²) in [7, 11) is 0. The van der Waals surface area contributed by atoms with Crippen LogP contribution in [0.3, 0.4) is 0 Å². The highest BCUT2D eigenvalue weighted by molar-refractivity contribution is 7.15. The normalized spacial score (nSPS) is 12.4. The van der Waals surface area contributed by atoms with E-state index in [4.69, 9.17) is 14.2 Å². The second kappa shape index (κ2) is 11.5. The number of rotatable bonds is 10. The molecule has 0 aliphatic heterocycles. The minimum Gasteiger partial charge on any atom is -0.488 e. The standard InChI is InChI=1S/C26H27F3O4S/c1-4-31-22(25(30)32-5-2)15-18-6-12-21(13-7-18)33-16-24-17(3)14-23(34-24)19-8-10-20(11-9-19)26(27,28)29/h6-14,22H,4-5,15-16H2,1-3H3. The number of thiophene rings is 1. The van der Waals surface area contributed by atoms with Crippen LogP contribution in [0.15, 0.2) is 54.6 Å². The van der Waals surface area contributed by atoms with Crippen molar-refractivity contribution in [2.24, 2.45) is 0 Å². The van der Waals surface area contributed by atoms with Gasteiger partial charge in [0.05, 0.1) is 12.2 Å². The molecular weight excluding hydrogens is 465 g/mol. The first-order valence-corrected chi connectivity index (χ1v) is 11.8. The molecule has 0 fully saturated rings. The maximum atomic E-state index is 12.8. The van der Waals surface area contributed by atoms with Crippen molar-refractivity contribution in [2.75, 3.05) is 13.2 Å². The van der Waals surface area contributed by atoms with Crippen LogP contribution in [0.25, 0.3) is 10.4 Å². The molecule has 0 spiro atoms. The van der Waals surface area contributed by atoms with Gasteiger partial charge < -0.3 is 14.2 Å². The molecule has 1 aromatic heterocycles. The van der Waals surface area contributed by atoms with Crippen LogP contribution in [0, 0.1) is 6.92 Å². The third-order valence-corrected chi connectivity index (χ3v) is 6.41. The molecule has 0 saturated carbocycles. The van der Waals surface area contributed by atoms with Crippen LogP contribution >= 0.6 is 11.3 Å². The summed E-state index contributed by atoms with van der Waals surface area (Å²) in [6.45, 7) is 6.61. The summed E-state index contributed by atoms with van der Waals surface area (Å²) in [6.07, 6.45) is -4.58. The summed E-state index contributed by atoms with van der Waals surface area (Å²) < 4.78 is 54.9. The van der Waals surface area contributed by atoms with Gasteiger partial charge >= 0.3 is 12.1 Å². The molecule has 2 aromatic carbocycles. The van der Waals surface area contributed by atoms with Gasteiger partial charge in [-0.05, 0) is 67.8 Å². The Morgan fingerprint density at radius 2 is 1.68 bits per heavy atom. The number of carbonyl (C=O) groups is 1. The first-order valence-electron chi connectivity index (χ1n) is 11.0. The quantitative estimate of drug-likeness (QED) is 0.291. The maximum Gasteiger partial charge on any atom is 0.416 e. The Kier molecular flexibility index (Phi) is 8.74. The number of benzene rings is 2. The molecule has 4 nitrogen and oxygen atoms in total. The highest BCUT2D eigenvalue weighted by Gasteiger charge is 2.30. The number of ether oxygens (including phenoxy) is 3. The number of hydrogen-bond acceptors (Lipinski definition) is 5. The van der Waals surface area contributed by atoms with E-state index in [2.05, 4.69) is 0 Å². The van der Waals surface area contributed by atoms with Gasteiger partial charge in [-0.25, -0.2) is 4.79 Å². The SMILES string of the molecule is CCOC(=O)C(Cc1ccc(OCc2sc(-c3ccc(C(F)(F)F)cc3)cc2C)cc1)OCC. The van der Waals surface area contributed by atoms with Crippen LogP contribution in [0.1, 0.15) is 35.4 Å². The molecule has 3 rings (SSSR count). The second-order valence-corrected chi connectivity index (χ2v) is 8.76. The zero-order valence-electron chi connectivity index (χ0n) is 19.3. The van der Waals surface area contributed by atoms with Gasteiger partial charge in [-0.1, -0.05) is 24.3 Å². The van der Waals surface area contributed by atoms with Gasteiger partial charge in [-0.3, -0.25) is 0 Å². The lowest BCUT2D eigenvalue weighted by Gasteiger charge is -2.15. The average molecular weight is 493 g/mol. The van der Waals surface area contributed by atoms with Crippen LogP contribution in [0.2, 0.25) is 0 Å². The fraction of sp³-hybridized carbons (Fsp3) is 0.346. The van der Waals surface area contributed by atoms with Gasteiger partial charge in [0, 0.05) is 22.8 Å². The molecule has 0 N–H and O–H groups in total. The Morgan fingerprint density at radius 1 is 1.00 bits per heavy atom. The predicted octanol–water partition coefficient (Wildman–Crippen LogP) is 6.83. The number of esters is 1. The largest absolute Gasteiger partial charge is 0.488 e. The maximum absolute atomic E-state index is 12.8. The highest BCUT2D eigenvalue weighted by Crippen LogP contribution is 2.35. The third kappa shape index (κ3) is 6.84. The van der Waals surface area contributed by atoms with Gasteiger partial charge in [0.1, 0.15) is 12.4 Å². The van der Waals surface area contributed by atoms with E-state index in [1.807, 2.05) is 44.2 Å². The lowest BCUT2D eigenvalue weighted by atomic mass is 10.1. The van der Waals surface area contributed by atoms with E-state index in [9.17, 15) is 18.0 Å². The predicted molar refractivity (Wildman–Crippen MR) is 126 cm³/mol. The minimum atomic E-state index is -4.35. The van der Waals surface area contributed by atoms with Crippen molar-refractivity contribution < 1.29 is 32.2 Å². The first-order chi connectivity index (χ1) is 16.2. The molecule has 182 valence electrons. The average Bonchev–Trinajstić information content (AvgIpc) is 3.18. The van der Waals surface area contributed by atoms with Gasteiger partial charge in [0.25, 0.3) is 0 Å². The fourth-order valence-corrected chi connectivity index (χ4v) is 4.45. The van der Waals surface area contributed by atoms with Gasteiger partial charge in [-0.15, -0.1) is 11.3 Å². The van der Waals surface area contributed by atoms with Crippen LogP contribution in [0.4, 0.5) is 13.2 Å². The van der Waals surface area contributed by atoms with Crippen molar-refractivity contribution in [1.82, 2.24) is 0 Å². The second-order valence-electron chi connectivity index (χ2n) is 7.62. The van der Waals surface area contributed by atoms with E-state index in [1.54, 1.807) is 6.92 Å². The van der Waals surface area contributed by atoms with Crippen LogP contribution in [-0.2, 0) is 33.5 Å². The molecule has 1 unspecified atom stereocenters. The molecule has 0 amide bonds. The zero-order chi connectivity index (χ0) is 24.7. The summed E-state index contributed by atoms with van der Waals surface area (Å²) in [5, 5.41) is 0. The topological polar surface area (TPSA) is 44.8 Å². The van der Waals surface area contributed by atoms with Crippen molar-refractivity contribution in [3.05, 3.63) is 76.2 Å². The minimum absolute atomic E-state index is 0.303. The van der Waals surface area contributed by atoms with E-state index in [1.165, 1.54) is 23.5 Å². The van der Waals surface area contributed by atoms with E-state index in [-0.39, 0.29) is 5.97 Å². The van der Waals surface area contributed by atoms with E-state index < -0.39 is 17.8 Å². The number of aryl methyl sites for hydroxylation is 1. The van der Waals surface area contributed by atoms with E-state index in [0.29, 0.717) is 32.0 Å². The smallest absolute Gasteiger partial charge is 0.416 e. The molecule has 1 atom stereocenters. The summed E-state index contributed by atoms with van der Waals surface area (Å²) in [4.78, 5) is 13.9. The number of carbonyl (C=O) groups excluding carboxylic acids is 1. The Bertz CT molecular complexity index is 1070. The summed E-state index contributed by atoms with van der Waals surface area (Å²) in [5.74, 6) is 0.304. The molecule has 0 aliphatic rings. The van der Waals surface area contributed by atoms with E-state index in [0.717, 1.165) is 38.6 Å². The highest BCUT2D eigenvalue weighted by atomic mass is 32.1. The lowest BCUT2D eigenvalue weighted by Crippen LogP contribution is -2.28. The van der Waals surface area contributed by atoms with Crippen LogP contribution in [0.5, 0.6) is 5.75 Å². The van der Waals surface area contributed by atoms with Crippen LogP contribution in [-0.4, -0.2) is 25.3 Å². The molecule has 34 heavy (non-hydrogen) atoms. The van der Waals surface area contributed by atoms with Crippen molar-refractivity contribution in [3.63, 3.8) is 0 Å². The summed E-state index contributed by atoms with van der Waals surface area (Å²) >= 11 is 1.50. The van der Waals surface area contributed by atoms with Crippen molar-refractivity contribution in [3.8, 4) is 16.2 Å². The summed E-state index contributed by atoms with van der Waals surface area (Å²) in [5.41, 5.74) is 2.02. The number of hydrogen-bond donors (Lipinski definition) is 0. The lowest BCUT2D eigenvalue weighted by molar-refractivity contribution is -0.156. The third-order valence-electron chi connectivity index (χ3n) is 5.15. The first kappa shape index (κ1) is 25.8. The Hall–Kier alpha value is -2.84. The number of halogens is 3. The Balaban J connectivity index is 1.61. The molecule has 0 saturated heterocycles. The Morgan fingerprint density at radius 3 is 2.26 bits per heavy atom. The molecule has 0 radical (unpaired) electrons. The monoisotopic (exact) mass is 492 g/mol. The van der Waals surface area contributed by atoms with Gasteiger partial charge in [-0.2, -0.15) is 13.2 Å². The molecule has 3 aromatic rings. The van der Waals surface area contributed by atoms with Crippen LogP contribution < -0.4 is 4.74 Å².